The predicted octanol–water partition coefficient (Wildman–Crippen LogP) is 3.30. The SMILES string of the molecule is CCC(C)CS(=O)c1cc(Br)ccc1C(=O)O. The number of rotatable bonds is 5. The minimum Gasteiger partial charge on any atom is -0.478 e. The zero-order chi connectivity index (χ0) is 13.0. The molecule has 0 aliphatic heterocycles. The Bertz CT molecular complexity index is 445. The van der Waals surface area contributed by atoms with E-state index in [2.05, 4.69) is 15.9 Å². The molecule has 1 aromatic carbocycles. The molecule has 0 saturated heterocycles. The summed E-state index contributed by atoms with van der Waals surface area (Å²) in [4.78, 5) is 11.4. The van der Waals surface area contributed by atoms with E-state index in [1.54, 1.807) is 12.1 Å². The summed E-state index contributed by atoms with van der Waals surface area (Å²) in [7, 11) is -1.27. The first-order chi connectivity index (χ1) is 7.95. The summed E-state index contributed by atoms with van der Waals surface area (Å²) in [6.45, 7) is 4.04. The second-order valence-corrected chi connectivity index (χ2v) is 6.35. The molecule has 0 heterocycles. The normalized spacial score (nSPS) is 14.3. The molecule has 94 valence electrons. The Labute approximate surface area is 112 Å². The lowest BCUT2D eigenvalue weighted by Gasteiger charge is -2.10. The monoisotopic (exact) mass is 318 g/mol. The number of carboxylic acid groups (broad SMARTS) is 1. The molecule has 3 nitrogen and oxygen atoms in total. The van der Waals surface area contributed by atoms with Crippen LogP contribution in [0.3, 0.4) is 0 Å². The van der Waals surface area contributed by atoms with Crippen LogP contribution in [0.5, 0.6) is 0 Å². The topological polar surface area (TPSA) is 54.4 Å². The van der Waals surface area contributed by atoms with Crippen molar-refractivity contribution in [2.75, 3.05) is 5.75 Å². The molecule has 2 unspecified atom stereocenters. The quantitative estimate of drug-likeness (QED) is 0.906. The number of halogens is 1. The van der Waals surface area contributed by atoms with Gasteiger partial charge >= 0.3 is 5.97 Å². The van der Waals surface area contributed by atoms with Gasteiger partial charge < -0.3 is 5.11 Å². The van der Waals surface area contributed by atoms with E-state index in [0.717, 1.165) is 10.9 Å². The van der Waals surface area contributed by atoms with Gasteiger partial charge in [0.25, 0.3) is 0 Å². The average Bonchev–Trinajstić information content (AvgIpc) is 2.28. The third kappa shape index (κ3) is 3.92. The largest absolute Gasteiger partial charge is 0.478 e. The second-order valence-electron chi connectivity index (χ2n) is 3.97. The van der Waals surface area contributed by atoms with Crippen LogP contribution in [0.25, 0.3) is 0 Å². The first-order valence-corrected chi connectivity index (χ1v) is 7.48. The molecule has 0 fully saturated rings. The van der Waals surface area contributed by atoms with Gasteiger partial charge in [-0.25, -0.2) is 4.79 Å². The van der Waals surface area contributed by atoms with Gasteiger partial charge in [0.2, 0.25) is 0 Å². The maximum absolute atomic E-state index is 12.1. The van der Waals surface area contributed by atoms with Crippen molar-refractivity contribution in [1.29, 1.82) is 0 Å². The van der Waals surface area contributed by atoms with E-state index >= 15 is 0 Å². The van der Waals surface area contributed by atoms with Gasteiger partial charge in [-0.1, -0.05) is 36.2 Å². The number of aromatic carboxylic acids is 1. The Morgan fingerprint density at radius 3 is 2.71 bits per heavy atom. The Kier molecular flexibility index (Phi) is 5.33. The fourth-order valence-corrected chi connectivity index (χ4v) is 3.43. The first-order valence-electron chi connectivity index (χ1n) is 5.37. The van der Waals surface area contributed by atoms with Gasteiger partial charge in [0.15, 0.2) is 0 Å². The highest BCUT2D eigenvalue weighted by Gasteiger charge is 2.17. The van der Waals surface area contributed by atoms with Gasteiger partial charge in [0, 0.05) is 10.2 Å². The molecule has 2 atom stereocenters. The molecule has 0 aromatic heterocycles. The third-order valence-corrected chi connectivity index (χ3v) is 4.75. The molecule has 0 aliphatic carbocycles. The van der Waals surface area contributed by atoms with Crippen molar-refractivity contribution in [1.82, 2.24) is 0 Å². The van der Waals surface area contributed by atoms with Crippen molar-refractivity contribution in [3.63, 3.8) is 0 Å². The Morgan fingerprint density at radius 2 is 2.18 bits per heavy atom. The maximum Gasteiger partial charge on any atom is 0.336 e. The van der Waals surface area contributed by atoms with Crippen LogP contribution in [-0.2, 0) is 10.8 Å². The van der Waals surface area contributed by atoms with E-state index in [-0.39, 0.29) is 5.56 Å². The average molecular weight is 319 g/mol. The maximum atomic E-state index is 12.1. The summed E-state index contributed by atoms with van der Waals surface area (Å²) < 4.78 is 12.9. The van der Waals surface area contributed by atoms with E-state index in [4.69, 9.17) is 5.11 Å². The number of benzene rings is 1. The zero-order valence-electron chi connectivity index (χ0n) is 9.77. The summed E-state index contributed by atoms with van der Waals surface area (Å²) in [6, 6.07) is 4.76. The van der Waals surface area contributed by atoms with Gasteiger partial charge in [-0.2, -0.15) is 0 Å². The van der Waals surface area contributed by atoms with Crippen LogP contribution in [-0.4, -0.2) is 21.0 Å². The summed E-state index contributed by atoms with van der Waals surface area (Å²) in [5, 5.41) is 9.05. The lowest BCUT2D eigenvalue weighted by molar-refractivity contribution is 0.0693. The highest BCUT2D eigenvalue weighted by molar-refractivity contribution is 9.10. The number of hydrogen-bond donors (Lipinski definition) is 1. The molecule has 17 heavy (non-hydrogen) atoms. The van der Waals surface area contributed by atoms with E-state index in [0.29, 0.717) is 16.6 Å². The van der Waals surface area contributed by atoms with Crippen molar-refractivity contribution in [3.05, 3.63) is 28.2 Å². The van der Waals surface area contributed by atoms with Crippen LogP contribution in [0.2, 0.25) is 0 Å². The van der Waals surface area contributed by atoms with E-state index in [1.165, 1.54) is 6.07 Å². The minimum atomic E-state index is -1.27. The first kappa shape index (κ1) is 14.4. The van der Waals surface area contributed by atoms with Crippen molar-refractivity contribution < 1.29 is 14.1 Å². The Hall–Kier alpha value is -0.680. The lowest BCUT2D eigenvalue weighted by Crippen LogP contribution is -2.11. The molecule has 1 N–H and O–H groups in total. The van der Waals surface area contributed by atoms with Crippen LogP contribution in [0.15, 0.2) is 27.6 Å². The molecule has 1 aromatic rings. The van der Waals surface area contributed by atoms with Crippen LogP contribution in [0.4, 0.5) is 0 Å². The second kappa shape index (κ2) is 6.31. The fourth-order valence-electron chi connectivity index (χ4n) is 1.33. The Balaban J connectivity index is 3.06. The molecule has 5 heteroatoms. The zero-order valence-corrected chi connectivity index (χ0v) is 12.2. The smallest absolute Gasteiger partial charge is 0.336 e. The minimum absolute atomic E-state index is 0.120. The molecule has 0 radical (unpaired) electrons. The van der Waals surface area contributed by atoms with Gasteiger partial charge in [-0.15, -0.1) is 0 Å². The van der Waals surface area contributed by atoms with E-state index in [1.807, 2.05) is 13.8 Å². The van der Waals surface area contributed by atoms with Crippen molar-refractivity contribution in [2.24, 2.45) is 5.92 Å². The summed E-state index contributed by atoms with van der Waals surface area (Å²) in [5.41, 5.74) is 0.120. The van der Waals surface area contributed by atoms with Gasteiger partial charge in [-0.05, 0) is 24.1 Å². The highest BCUT2D eigenvalue weighted by Crippen LogP contribution is 2.21. The van der Waals surface area contributed by atoms with E-state index in [9.17, 15) is 9.00 Å². The van der Waals surface area contributed by atoms with Gasteiger partial charge in [0.1, 0.15) is 0 Å². The highest BCUT2D eigenvalue weighted by atomic mass is 79.9. The lowest BCUT2D eigenvalue weighted by atomic mass is 10.2. The number of hydrogen-bond acceptors (Lipinski definition) is 2. The van der Waals surface area contributed by atoms with Gasteiger partial charge in [0.05, 0.1) is 21.3 Å². The standard InChI is InChI=1S/C12H15BrO3S/c1-3-8(2)7-17(16)11-6-9(13)4-5-10(11)12(14)15/h4-6,8H,3,7H2,1-2H3,(H,14,15). The fraction of sp³-hybridized carbons (Fsp3) is 0.417. The summed E-state index contributed by atoms with van der Waals surface area (Å²) in [5.74, 6) is -0.228. The molecule has 0 amide bonds. The molecular weight excluding hydrogens is 304 g/mol. The molecule has 0 spiro atoms. The van der Waals surface area contributed by atoms with Crippen LogP contribution < -0.4 is 0 Å². The van der Waals surface area contributed by atoms with Crippen molar-refractivity contribution in [3.8, 4) is 0 Å². The summed E-state index contributed by atoms with van der Waals surface area (Å²) >= 11 is 3.27. The van der Waals surface area contributed by atoms with Gasteiger partial charge in [-0.3, -0.25) is 4.21 Å². The van der Waals surface area contributed by atoms with Crippen LogP contribution in [0.1, 0.15) is 30.6 Å². The van der Waals surface area contributed by atoms with Crippen LogP contribution >= 0.6 is 15.9 Å². The molecule has 0 aliphatic rings. The number of carbonyl (C=O) groups is 1. The van der Waals surface area contributed by atoms with E-state index < -0.39 is 16.8 Å². The molecular formula is C12H15BrO3S. The molecule has 0 saturated carbocycles. The Morgan fingerprint density at radius 1 is 1.53 bits per heavy atom. The third-order valence-electron chi connectivity index (χ3n) is 2.55. The van der Waals surface area contributed by atoms with Crippen molar-refractivity contribution in [2.45, 2.75) is 25.2 Å². The predicted molar refractivity (Wildman–Crippen MR) is 71.8 cm³/mol. The van der Waals surface area contributed by atoms with Crippen LogP contribution in [0, 0.1) is 5.92 Å². The number of carboxylic acids is 1. The summed E-state index contributed by atoms with van der Waals surface area (Å²) in [6.07, 6.45) is 0.933. The molecule has 0 bridgehead atoms. The van der Waals surface area contributed by atoms with Crippen molar-refractivity contribution >= 4 is 32.7 Å². The molecule has 1 rings (SSSR count).